The van der Waals surface area contributed by atoms with E-state index in [2.05, 4.69) is 15.2 Å². The predicted molar refractivity (Wildman–Crippen MR) is 156 cm³/mol. The third-order valence-corrected chi connectivity index (χ3v) is 10.7. The molecule has 214 valence electrons. The molecule has 0 radical (unpaired) electrons. The first-order valence-corrected chi connectivity index (χ1v) is 16.2. The molecule has 1 saturated heterocycles. The first kappa shape index (κ1) is 28.7. The number of thiazole rings is 1. The highest BCUT2D eigenvalue weighted by Crippen LogP contribution is 2.36. The minimum Gasteiger partial charge on any atom is -0.462 e. The molecule has 1 aliphatic heterocycles. The van der Waals surface area contributed by atoms with Crippen LogP contribution in [0.1, 0.15) is 60.9 Å². The fourth-order valence-electron chi connectivity index (χ4n) is 5.54. The normalized spacial score (nSPS) is 18.1. The Morgan fingerprint density at radius 2 is 1.77 bits per heavy atom. The van der Waals surface area contributed by atoms with Crippen molar-refractivity contribution in [1.29, 1.82) is 0 Å². The molecule has 2 heterocycles. The highest BCUT2D eigenvalue weighted by atomic mass is 32.2. The fraction of sp³-hybridized carbons (Fsp3) is 0.483. The molecule has 1 atom stereocenters. The number of ether oxygens (including phenoxy) is 1. The van der Waals surface area contributed by atoms with Crippen LogP contribution < -0.4 is 5.32 Å². The zero-order valence-electron chi connectivity index (χ0n) is 23.0. The maximum absolute atomic E-state index is 13.6. The molecule has 9 nitrogen and oxygen atoms in total. The number of anilines is 1. The number of hydrogen-bond acceptors (Lipinski definition) is 8. The quantitative estimate of drug-likeness (QED) is 0.363. The smallest absolute Gasteiger partial charge is 0.338 e. The molecule has 1 unspecified atom stereocenters. The van der Waals surface area contributed by atoms with E-state index < -0.39 is 21.9 Å². The van der Waals surface area contributed by atoms with Gasteiger partial charge in [0, 0.05) is 26.2 Å². The number of nitrogens with zero attached hydrogens (tertiary/aromatic N) is 3. The number of rotatable bonds is 9. The summed E-state index contributed by atoms with van der Waals surface area (Å²) >= 11 is 1.31. The van der Waals surface area contributed by atoms with Crippen LogP contribution in [-0.4, -0.2) is 74.3 Å². The minimum atomic E-state index is -3.58. The Labute approximate surface area is 239 Å². The van der Waals surface area contributed by atoms with Crippen molar-refractivity contribution in [2.45, 2.75) is 49.8 Å². The Hall–Kier alpha value is -2.86. The summed E-state index contributed by atoms with van der Waals surface area (Å²) < 4.78 is 33.8. The van der Waals surface area contributed by atoms with Gasteiger partial charge in [-0.3, -0.25) is 4.79 Å². The Balaban J connectivity index is 1.35. The molecule has 1 aromatic heterocycles. The van der Waals surface area contributed by atoms with Gasteiger partial charge in [-0.25, -0.2) is 18.2 Å². The number of benzene rings is 2. The first-order chi connectivity index (χ1) is 19.2. The van der Waals surface area contributed by atoms with E-state index in [0.717, 1.165) is 23.1 Å². The molecule has 0 spiro atoms. The number of amides is 1. The number of carbonyl (C=O) groups excluding carboxylic acids is 2. The van der Waals surface area contributed by atoms with E-state index in [-0.39, 0.29) is 10.8 Å². The number of hydrogen-bond donors (Lipinski definition) is 1. The van der Waals surface area contributed by atoms with Crippen LogP contribution >= 0.6 is 11.3 Å². The molecular formula is C29H36N4O5S2. The highest BCUT2D eigenvalue weighted by molar-refractivity contribution is 7.89. The van der Waals surface area contributed by atoms with Gasteiger partial charge in [0.15, 0.2) is 5.13 Å². The third kappa shape index (κ3) is 6.38. The Kier molecular flexibility index (Phi) is 8.84. The van der Waals surface area contributed by atoms with Crippen molar-refractivity contribution in [2.24, 2.45) is 5.92 Å². The second-order valence-electron chi connectivity index (χ2n) is 10.6. The van der Waals surface area contributed by atoms with Gasteiger partial charge in [0.1, 0.15) is 0 Å². The lowest BCUT2D eigenvalue weighted by Crippen LogP contribution is -2.47. The molecule has 1 N–H and O–H groups in total. The first-order valence-electron chi connectivity index (χ1n) is 13.9. The largest absolute Gasteiger partial charge is 0.462 e. The summed E-state index contributed by atoms with van der Waals surface area (Å²) in [7, 11) is -1.59. The zero-order valence-corrected chi connectivity index (χ0v) is 24.6. The Bertz CT molecular complexity index is 1460. The van der Waals surface area contributed by atoms with Crippen LogP contribution in [0.3, 0.4) is 0 Å². The standard InChI is InChI=1S/C29H36N4O5S2/c1-3-38-28(35)22-10-13-25-26(19-22)39-29(30-25)31-27(34)24(18-20-6-4-5-7-20)21-8-11-23(12-9-21)40(36,37)33-16-14-32(2)15-17-33/h8-13,19-20,24H,3-7,14-18H2,1-2H3,(H,30,31,34). The van der Waals surface area contributed by atoms with E-state index in [9.17, 15) is 18.0 Å². The van der Waals surface area contributed by atoms with Gasteiger partial charge in [-0.05, 0) is 62.2 Å². The molecule has 1 amide bonds. The fourth-order valence-corrected chi connectivity index (χ4v) is 7.87. The lowest BCUT2D eigenvalue weighted by molar-refractivity contribution is -0.118. The summed E-state index contributed by atoms with van der Waals surface area (Å²) in [6.45, 7) is 4.41. The summed E-state index contributed by atoms with van der Waals surface area (Å²) in [5.41, 5.74) is 1.94. The van der Waals surface area contributed by atoms with Crippen LogP contribution in [0, 0.1) is 5.92 Å². The lowest BCUT2D eigenvalue weighted by Gasteiger charge is -2.31. The summed E-state index contributed by atoms with van der Waals surface area (Å²) in [6.07, 6.45) is 5.23. The van der Waals surface area contributed by atoms with E-state index in [1.54, 1.807) is 49.4 Å². The van der Waals surface area contributed by atoms with Gasteiger partial charge in [0.2, 0.25) is 15.9 Å². The van der Waals surface area contributed by atoms with Crippen molar-refractivity contribution in [3.8, 4) is 0 Å². The summed E-state index contributed by atoms with van der Waals surface area (Å²) in [5, 5.41) is 3.46. The van der Waals surface area contributed by atoms with Crippen molar-refractivity contribution < 1.29 is 22.7 Å². The number of esters is 1. The van der Waals surface area contributed by atoms with Gasteiger partial charge in [-0.1, -0.05) is 49.2 Å². The van der Waals surface area contributed by atoms with E-state index in [1.807, 2.05) is 7.05 Å². The molecule has 3 aromatic rings. The molecule has 40 heavy (non-hydrogen) atoms. The van der Waals surface area contributed by atoms with Gasteiger partial charge in [-0.15, -0.1) is 0 Å². The summed E-state index contributed by atoms with van der Waals surface area (Å²) in [5.74, 6) is -0.526. The number of likely N-dealkylation sites (N-methyl/N-ethyl adjacent to an activating group) is 1. The maximum atomic E-state index is 13.6. The number of aromatic nitrogens is 1. The van der Waals surface area contributed by atoms with E-state index in [1.165, 1.54) is 28.5 Å². The van der Waals surface area contributed by atoms with Crippen molar-refractivity contribution in [2.75, 3.05) is 45.2 Å². The highest BCUT2D eigenvalue weighted by Gasteiger charge is 2.30. The third-order valence-electron chi connectivity index (χ3n) is 7.87. The number of piperazine rings is 1. The van der Waals surface area contributed by atoms with E-state index >= 15 is 0 Å². The Morgan fingerprint density at radius 3 is 2.45 bits per heavy atom. The lowest BCUT2D eigenvalue weighted by atomic mass is 9.87. The van der Waals surface area contributed by atoms with Crippen LogP contribution in [0.4, 0.5) is 5.13 Å². The number of sulfonamides is 1. The van der Waals surface area contributed by atoms with Gasteiger partial charge in [-0.2, -0.15) is 4.31 Å². The number of nitrogens with one attached hydrogen (secondary N) is 1. The van der Waals surface area contributed by atoms with Gasteiger partial charge in [0.25, 0.3) is 0 Å². The van der Waals surface area contributed by atoms with E-state index in [0.29, 0.717) is 61.3 Å². The van der Waals surface area contributed by atoms with Gasteiger partial charge in [0.05, 0.1) is 33.2 Å². The van der Waals surface area contributed by atoms with Crippen molar-refractivity contribution >= 4 is 48.6 Å². The number of fused-ring (bicyclic) bond motifs is 1. The molecule has 11 heteroatoms. The topological polar surface area (TPSA) is 109 Å². The van der Waals surface area contributed by atoms with Crippen LogP contribution in [0.5, 0.6) is 0 Å². The van der Waals surface area contributed by atoms with Crippen LogP contribution in [0.2, 0.25) is 0 Å². The zero-order chi connectivity index (χ0) is 28.3. The summed E-state index contributed by atoms with van der Waals surface area (Å²) in [4.78, 5) is 32.7. The molecule has 1 aliphatic carbocycles. The predicted octanol–water partition coefficient (Wildman–Crippen LogP) is 4.71. The van der Waals surface area contributed by atoms with Crippen molar-refractivity contribution in [3.05, 3.63) is 53.6 Å². The van der Waals surface area contributed by atoms with Crippen molar-refractivity contribution in [3.63, 3.8) is 0 Å². The van der Waals surface area contributed by atoms with E-state index in [4.69, 9.17) is 4.74 Å². The Morgan fingerprint density at radius 1 is 1.07 bits per heavy atom. The molecule has 2 fully saturated rings. The molecule has 1 saturated carbocycles. The molecule has 5 rings (SSSR count). The second kappa shape index (κ2) is 12.3. The average molecular weight is 585 g/mol. The second-order valence-corrected chi connectivity index (χ2v) is 13.6. The van der Waals surface area contributed by atoms with Crippen LogP contribution in [0.15, 0.2) is 47.4 Å². The molecule has 2 aliphatic rings. The van der Waals surface area contributed by atoms with Gasteiger partial charge >= 0.3 is 5.97 Å². The SMILES string of the molecule is CCOC(=O)c1ccc2nc(NC(=O)C(CC3CCCC3)c3ccc(S(=O)(=O)N4CCN(C)CC4)cc3)sc2c1. The van der Waals surface area contributed by atoms with Crippen LogP contribution in [0.25, 0.3) is 10.2 Å². The molecule has 0 bridgehead atoms. The van der Waals surface area contributed by atoms with Crippen LogP contribution in [-0.2, 0) is 19.6 Å². The molecule has 2 aromatic carbocycles. The maximum Gasteiger partial charge on any atom is 0.338 e. The van der Waals surface area contributed by atoms with Gasteiger partial charge < -0.3 is 15.0 Å². The molecular weight excluding hydrogens is 548 g/mol. The minimum absolute atomic E-state index is 0.161. The number of carbonyl (C=O) groups is 2. The average Bonchev–Trinajstić information content (AvgIpc) is 3.61. The van der Waals surface area contributed by atoms with Crippen molar-refractivity contribution in [1.82, 2.24) is 14.2 Å². The summed E-state index contributed by atoms with van der Waals surface area (Å²) in [6, 6.07) is 12.0. The monoisotopic (exact) mass is 584 g/mol.